The van der Waals surface area contributed by atoms with Crippen molar-refractivity contribution in [3.8, 4) is 0 Å². The molecule has 0 bridgehead atoms. The summed E-state index contributed by atoms with van der Waals surface area (Å²) in [6, 6.07) is 2.74. The number of carbonyl (C=O) groups is 1. The van der Waals surface area contributed by atoms with Gasteiger partial charge in [0.2, 0.25) is 11.9 Å². The molecule has 1 aromatic heterocycles. The van der Waals surface area contributed by atoms with Crippen molar-refractivity contribution < 1.29 is 4.79 Å². The maximum Gasteiger partial charge on any atom is 0.224 e. The minimum atomic E-state index is 0.256. The normalized spacial score (nSPS) is 25.6. The average Bonchev–Trinajstić information content (AvgIpc) is 3.16. The quantitative estimate of drug-likeness (QED) is 0.890. The van der Waals surface area contributed by atoms with Gasteiger partial charge in [-0.15, -0.1) is 0 Å². The zero-order chi connectivity index (χ0) is 15.4. The van der Waals surface area contributed by atoms with Crippen LogP contribution < -0.4 is 5.32 Å². The van der Waals surface area contributed by atoms with E-state index in [2.05, 4.69) is 32.1 Å². The highest BCUT2D eigenvalue weighted by Gasteiger charge is 2.37. The summed E-state index contributed by atoms with van der Waals surface area (Å²) in [4.78, 5) is 25.3. The van der Waals surface area contributed by atoms with Crippen LogP contribution in [0.3, 0.4) is 0 Å². The first-order valence-electron chi connectivity index (χ1n) is 8.26. The number of hydrogen-bond acceptors (Lipinski definition) is 5. The fraction of sp³-hybridized carbons (Fsp3) is 0.688. The van der Waals surface area contributed by atoms with Crippen molar-refractivity contribution in [3.63, 3.8) is 0 Å². The van der Waals surface area contributed by atoms with Crippen LogP contribution in [0.15, 0.2) is 18.5 Å². The SMILES string of the molecule is CN1CCC[C@H]1[C@H]1CCCN1C(=O)CCNc1ncccn1. The Hall–Kier alpha value is -1.69. The molecule has 120 valence electrons. The second-order valence-electron chi connectivity index (χ2n) is 6.24. The van der Waals surface area contributed by atoms with Crippen molar-refractivity contribution in [3.05, 3.63) is 18.5 Å². The molecular formula is C16H25N5O. The lowest BCUT2D eigenvalue weighted by Gasteiger charge is -2.33. The lowest BCUT2D eigenvalue weighted by atomic mass is 10.0. The van der Waals surface area contributed by atoms with Gasteiger partial charge >= 0.3 is 0 Å². The molecule has 0 aliphatic carbocycles. The van der Waals surface area contributed by atoms with Crippen molar-refractivity contribution in [1.82, 2.24) is 19.8 Å². The van der Waals surface area contributed by atoms with Gasteiger partial charge in [0.25, 0.3) is 0 Å². The molecule has 0 saturated carbocycles. The van der Waals surface area contributed by atoms with Gasteiger partial charge in [-0.1, -0.05) is 0 Å². The lowest BCUT2D eigenvalue weighted by molar-refractivity contribution is -0.132. The maximum atomic E-state index is 12.5. The van der Waals surface area contributed by atoms with Gasteiger partial charge in [-0.2, -0.15) is 0 Å². The van der Waals surface area contributed by atoms with Gasteiger partial charge in [0.15, 0.2) is 0 Å². The summed E-state index contributed by atoms with van der Waals surface area (Å²) in [6.45, 7) is 2.67. The number of aromatic nitrogens is 2. The molecule has 6 heteroatoms. The topological polar surface area (TPSA) is 61.4 Å². The molecule has 0 spiro atoms. The molecule has 0 unspecified atom stereocenters. The average molecular weight is 303 g/mol. The minimum Gasteiger partial charge on any atom is -0.354 e. The van der Waals surface area contributed by atoms with E-state index in [-0.39, 0.29) is 5.91 Å². The summed E-state index contributed by atoms with van der Waals surface area (Å²) >= 11 is 0. The number of likely N-dealkylation sites (tertiary alicyclic amines) is 2. The van der Waals surface area contributed by atoms with Gasteiger partial charge in [-0.05, 0) is 45.3 Å². The molecule has 0 radical (unpaired) electrons. The fourth-order valence-corrected chi connectivity index (χ4v) is 3.74. The number of amides is 1. The summed E-state index contributed by atoms with van der Waals surface area (Å²) < 4.78 is 0. The van der Waals surface area contributed by atoms with Crippen LogP contribution in [0, 0.1) is 0 Å². The summed E-state index contributed by atoms with van der Waals surface area (Å²) in [5.41, 5.74) is 0. The van der Waals surface area contributed by atoms with Crippen LogP contribution in [0.25, 0.3) is 0 Å². The Morgan fingerprint density at radius 3 is 2.68 bits per heavy atom. The Morgan fingerprint density at radius 1 is 1.23 bits per heavy atom. The Labute approximate surface area is 131 Å². The largest absolute Gasteiger partial charge is 0.354 e. The Balaban J connectivity index is 1.50. The Morgan fingerprint density at radius 2 is 1.95 bits per heavy atom. The summed E-state index contributed by atoms with van der Waals surface area (Å²) in [7, 11) is 2.19. The molecule has 22 heavy (non-hydrogen) atoms. The Kier molecular flexibility index (Phi) is 4.87. The Bertz CT molecular complexity index is 495. The predicted octanol–water partition coefficient (Wildman–Crippen LogP) is 1.36. The molecule has 6 nitrogen and oxygen atoms in total. The third-order valence-corrected chi connectivity index (χ3v) is 4.83. The van der Waals surface area contributed by atoms with Crippen LogP contribution in [-0.4, -0.2) is 64.4 Å². The second kappa shape index (κ2) is 7.05. The molecule has 2 atom stereocenters. The highest BCUT2D eigenvalue weighted by molar-refractivity contribution is 5.77. The van der Waals surface area contributed by atoms with Gasteiger partial charge in [0.05, 0.1) is 0 Å². The molecule has 2 aliphatic rings. The first kappa shape index (κ1) is 15.2. The van der Waals surface area contributed by atoms with Crippen molar-refractivity contribution in [1.29, 1.82) is 0 Å². The van der Waals surface area contributed by atoms with E-state index in [1.54, 1.807) is 18.5 Å². The number of nitrogens with zero attached hydrogens (tertiary/aromatic N) is 4. The monoisotopic (exact) mass is 303 g/mol. The van der Waals surface area contributed by atoms with E-state index in [0.29, 0.717) is 31.0 Å². The van der Waals surface area contributed by atoms with Gasteiger partial charge < -0.3 is 15.1 Å². The van der Waals surface area contributed by atoms with E-state index in [9.17, 15) is 4.79 Å². The van der Waals surface area contributed by atoms with Gasteiger partial charge in [0, 0.05) is 44.0 Å². The minimum absolute atomic E-state index is 0.256. The molecule has 1 amide bonds. The van der Waals surface area contributed by atoms with E-state index in [1.165, 1.54) is 12.8 Å². The lowest BCUT2D eigenvalue weighted by Crippen LogP contribution is -2.47. The standard InChI is InChI=1S/C16H25N5O/c1-20-11-2-5-13(20)14-6-3-12-21(14)15(22)7-10-19-16-17-8-4-9-18-16/h4,8-9,13-14H,2-3,5-7,10-12H2,1H3,(H,17,18,19)/t13-,14+/m0/s1. The smallest absolute Gasteiger partial charge is 0.224 e. The van der Waals surface area contributed by atoms with Crippen LogP contribution in [0.2, 0.25) is 0 Å². The third-order valence-electron chi connectivity index (χ3n) is 4.83. The zero-order valence-electron chi connectivity index (χ0n) is 13.2. The molecule has 1 N–H and O–H groups in total. The van der Waals surface area contributed by atoms with E-state index in [0.717, 1.165) is 25.9 Å². The van der Waals surface area contributed by atoms with Crippen molar-refractivity contribution >= 4 is 11.9 Å². The molecule has 3 rings (SSSR count). The van der Waals surface area contributed by atoms with E-state index >= 15 is 0 Å². The number of anilines is 1. The summed E-state index contributed by atoms with van der Waals surface area (Å²) in [5.74, 6) is 0.843. The maximum absolute atomic E-state index is 12.5. The summed E-state index contributed by atoms with van der Waals surface area (Å²) in [5, 5.41) is 3.11. The third kappa shape index (κ3) is 3.38. The number of likely N-dealkylation sites (N-methyl/N-ethyl adjacent to an activating group) is 1. The number of hydrogen-bond donors (Lipinski definition) is 1. The molecule has 1 aromatic rings. The van der Waals surface area contributed by atoms with Gasteiger partial charge in [0.1, 0.15) is 0 Å². The van der Waals surface area contributed by atoms with Crippen LogP contribution in [0.1, 0.15) is 32.1 Å². The second-order valence-corrected chi connectivity index (χ2v) is 6.24. The highest BCUT2D eigenvalue weighted by Crippen LogP contribution is 2.29. The molecule has 3 heterocycles. The first-order valence-corrected chi connectivity index (χ1v) is 8.26. The first-order chi connectivity index (χ1) is 10.8. The van der Waals surface area contributed by atoms with E-state index in [1.807, 2.05) is 0 Å². The zero-order valence-corrected chi connectivity index (χ0v) is 13.2. The number of nitrogens with one attached hydrogen (secondary N) is 1. The fourth-order valence-electron chi connectivity index (χ4n) is 3.74. The molecule has 2 aliphatic heterocycles. The van der Waals surface area contributed by atoms with Gasteiger partial charge in [-0.25, -0.2) is 9.97 Å². The van der Waals surface area contributed by atoms with Crippen LogP contribution in [0.5, 0.6) is 0 Å². The van der Waals surface area contributed by atoms with Crippen molar-refractivity contribution in [2.24, 2.45) is 0 Å². The van der Waals surface area contributed by atoms with E-state index < -0.39 is 0 Å². The molecular weight excluding hydrogens is 278 g/mol. The highest BCUT2D eigenvalue weighted by atomic mass is 16.2. The van der Waals surface area contributed by atoms with E-state index in [4.69, 9.17) is 0 Å². The van der Waals surface area contributed by atoms with Crippen molar-refractivity contribution in [2.75, 3.05) is 32.0 Å². The molecule has 2 fully saturated rings. The van der Waals surface area contributed by atoms with Crippen molar-refractivity contribution in [2.45, 2.75) is 44.2 Å². The predicted molar refractivity (Wildman–Crippen MR) is 85.5 cm³/mol. The van der Waals surface area contributed by atoms with Crippen LogP contribution in [0.4, 0.5) is 5.95 Å². The van der Waals surface area contributed by atoms with Crippen LogP contribution >= 0.6 is 0 Å². The van der Waals surface area contributed by atoms with Crippen LogP contribution in [-0.2, 0) is 4.79 Å². The number of carbonyl (C=O) groups excluding carboxylic acids is 1. The number of rotatable bonds is 5. The molecule has 2 saturated heterocycles. The summed E-state index contributed by atoms with van der Waals surface area (Å²) in [6.07, 6.45) is 8.66. The molecule has 0 aromatic carbocycles. The van der Waals surface area contributed by atoms with Gasteiger partial charge in [-0.3, -0.25) is 4.79 Å².